The number of pyridine rings is 1. The van der Waals surface area contributed by atoms with Gasteiger partial charge in [-0.2, -0.15) is 0 Å². The Morgan fingerprint density at radius 3 is 2.73 bits per heavy atom. The standard InChI is InChI=1S/C9H6N.In.2H/c1-2-6-9-8(4-1)5-3-7-10-9;;;/h1-6H;;;. The van der Waals surface area contributed by atoms with Gasteiger partial charge < -0.3 is 0 Å². The molecule has 0 radical (unpaired) electrons. The predicted octanol–water partition coefficient (Wildman–Crippen LogP) is 0.493. The molecule has 0 spiro atoms. The van der Waals surface area contributed by atoms with E-state index in [4.69, 9.17) is 0 Å². The van der Waals surface area contributed by atoms with Crippen LogP contribution in [0.25, 0.3) is 10.9 Å². The van der Waals surface area contributed by atoms with Crippen LogP contribution in [0.3, 0.4) is 0 Å². The normalized spacial score (nSPS) is 10.2. The molecule has 0 aliphatic rings. The van der Waals surface area contributed by atoms with Crippen LogP contribution in [0.1, 0.15) is 0 Å². The zero-order chi connectivity index (χ0) is 7.68. The van der Waals surface area contributed by atoms with Gasteiger partial charge in [-0.3, -0.25) is 0 Å². The molecule has 2 rings (SSSR count). The van der Waals surface area contributed by atoms with Gasteiger partial charge in [-0.05, 0) is 0 Å². The van der Waals surface area contributed by atoms with Gasteiger partial charge in [-0.15, -0.1) is 0 Å². The third-order valence-electron chi connectivity index (χ3n) is 1.74. The van der Waals surface area contributed by atoms with Gasteiger partial charge in [0.1, 0.15) is 0 Å². The van der Waals surface area contributed by atoms with Crippen LogP contribution in [0.4, 0.5) is 0 Å². The monoisotopic (exact) mass is 245 g/mol. The summed E-state index contributed by atoms with van der Waals surface area (Å²) in [4.78, 5) is 4.47. The minimum absolute atomic E-state index is 0.534. The van der Waals surface area contributed by atoms with Crippen molar-refractivity contribution in [2.45, 2.75) is 0 Å². The fourth-order valence-electron chi connectivity index (χ4n) is 1.17. The summed E-state index contributed by atoms with van der Waals surface area (Å²) in [5.41, 5.74) is 1.13. The number of nitrogens with zero attached hydrogens (tertiary/aromatic N) is 1. The summed E-state index contributed by atoms with van der Waals surface area (Å²) in [6.07, 6.45) is 0. The van der Waals surface area contributed by atoms with Crippen LogP contribution in [-0.4, -0.2) is 29.4 Å². The number of hydrogen-bond acceptors (Lipinski definition) is 1. The molecule has 1 nitrogen and oxygen atoms in total. The van der Waals surface area contributed by atoms with Crippen LogP contribution in [0.5, 0.6) is 0 Å². The molecule has 0 N–H and O–H groups in total. The molecule has 11 heavy (non-hydrogen) atoms. The zero-order valence-electron chi connectivity index (χ0n) is 6.41. The van der Waals surface area contributed by atoms with Crippen molar-refractivity contribution in [3.05, 3.63) is 36.4 Å². The fraction of sp³-hybridized carbons (Fsp3) is 0. The van der Waals surface area contributed by atoms with Crippen LogP contribution < -0.4 is 3.45 Å². The van der Waals surface area contributed by atoms with E-state index in [9.17, 15) is 0 Å². The number of aromatic nitrogens is 1. The van der Waals surface area contributed by atoms with Crippen molar-refractivity contribution in [1.29, 1.82) is 0 Å². The van der Waals surface area contributed by atoms with Crippen molar-refractivity contribution in [1.82, 2.24) is 4.98 Å². The predicted molar refractivity (Wildman–Crippen MR) is 49.9 cm³/mol. The molecule has 1 heterocycles. The molecular weight excluding hydrogens is 237 g/mol. The first-order valence-electron chi connectivity index (χ1n) is 3.69. The Bertz CT molecular complexity index is 384. The first-order valence-corrected chi connectivity index (χ1v) is 6.54. The average Bonchev–Trinajstić information content (AvgIpc) is 2.04. The number of benzene rings is 1. The summed E-state index contributed by atoms with van der Waals surface area (Å²) in [6, 6.07) is 12.5. The Morgan fingerprint density at radius 2 is 1.82 bits per heavy atom. The van der Waals surface area contributed by atoms with Gasteiger partial charge in [-0.1, -0.05) is 0 Å². The molecule has 0 unspecified atom stereocenters. The van der Waals surface area contributed by atoms with E-state index in [-0.39, 0.29) is 0 Å². The molecule has 2 aromatic rings. The number of fused-ring (bicyclic) bond motifs is 1. The summed E-state index contributed by atoms with van der Waals surface area (Å²) in [7, 11) is 0. The fourth-order valence-corrected chi connectivity index (χ4v) is 2.33. The zero-order valence-corrected chi connectivity index (χ0v) is 12.1. The molecule has 0 saturated heterocycles. The molecule has 0 aliphatic heterocycles. The van der Waals surface area contributed by atoms with Gasteiger partial charge in [0.15, 0.2) is 0 Å². The Morgan fingerprint density at radius 1 is 1.00 bits per heavy atom. The maximum absolute atomic E-state index is 4.47. The van der Waals surface area contributed by atoms with E-state index >= 15 is 0 Å². The van der Waals surface area contributed by atoms with E-state index < -0.39 is 0 Å². The molecule has 2 heteroatoms. The van der Waals surface area contributed by atoms with Gasteiger partial charge in [0.2, 0.25) is 0 Å². The third-order valence-corrected chi connectivity index (χ3v) is 3.33. The van der Waals surface area contributed by atoms with E-state index in [1.807, 2.05) is 12.1 Å². The average molecular weight is 245 g/mol. The molecule has 1 aromatic heterocycles. The second kappa shape index (κ2) is 2.86. The van der Waals surface area contributed by atoms with Crippen molar-refractivity contribution < 1.29 is 0 Å². The van der Waals surface area contributed by atoms with Crippen LogP contribution in [0, 0.1) is 0 Å². The molecule has 0 fully saturated rings. The maximum atomic E-state index is 4.47. The van der Waals surface area contributed by atoms with E-state index in [2.05, 4.69) is 29.2 Å². The van der Waals surface area contributed by atoms with E-state index in [1.54, 1.807) is 0 Å². The van der Waals surface area contributed by atoms with Crippen molar-refractivity contribution in [2.24, 2.45) is 0 Å². The van der Waals surface area contributed by atoms with Crippen LogP contribution in [-0.2, 0) is 0 Å². The first kappa shape index (κ1) is 7.17. The molecule has 52 valence electrons. The Labute approximate surface area is 80.0 Å². The van der Waals surface area contributed by atoms with Gasteiger partial charge in [0.25, 0.3) is 0 Å². The first-order chi connectivity index (χ1) is 5.36. The molecule has 0 aliphatic carbocycles. The van der Waals surface area contributed by atoms with Crippen molar-refractivity contribution in [3.8, 4) is 0 Å². The Balaban J connectivity index is 2.83. The van der Waals surface area contributed by atoms with E-state index in [0.29, 0.717) is 24.4 Å². The number of rotatable bonds is 0. The third kappa shape index (κ3) is 1.41. The van der Waals surface area contributed by atoms with E-state index in [0.717, 1.165) is 5.52 Å². The van der Waals surface area contributed by atoms with E-state index in [1.165, 1.54) is 8.84 Å². The summed E-state index contributed by atoms with van der Waals surface area (Å²) in [6.45, 7) is 0. The van der Waals surface area contributed by atoms with Crippen molar-refractivity contribution in [3.63, 3.8) is 0 Å². The second-order valence-electron chi connectivity index (χ2n) is 2.65. The minimum atomic E-state index is 0.534. The summed E-state index contributed by atoms with van der Waals surface area (Å²) >= 11 is 0.534. The topological polar surface area (TPSA) is 12.9 Å². The SMILES string of the molecule is [InH2][c]1ccc2ccccc2n1. The molecule has 0 atom stereocenters. The van der Waals surface area contributed by atoms with Gasteiger partial charge in [0.05, 0.1) is 0 Å². The molecule has 0 bridgehead atoms. The molecule has 0 amide bonds. The van der Waals surface area contributed by atoms with Crippen molar-refractivity contribution in [2.75, 3.05) is 0 Å². The van der Waals surface area contributed by atoms with Crippen LogP contribution >= 0.6 is 0 Å². The van der Waals surface area contributed by atoms with Gasteiger partial charge in [-0.25, -0.2) is 0 Å². The molecule has 1 aromatic carbocycles. The van der Waals surface area contributed by atoms with Gasteiger partial charge in [0, 0.05) is 0 Å². The van der Waals surface area contributed by atoms with Gasteiger partial charge >= 0.3 is 80.1 Å². The van der Waals surface area contributed by atoms with Crippen molar-refractivity contribution >= 4 is 38.7 Å². The number of hydrogen-bond donors (Lipinski definition) is 0. The summed E-state index contributed by atoms with van der Waals surface area (Å²) < 4.78 is 1.28. The summed E-state index contributed by atoms with van der Waals surface area (Å²) in [5, 5.41) is 1.24. The second-order valence-corrected chi connectivity index (χ2v) is 5.57. The Kier molecular flexibility index (Phi) is 1.86. The summed E-state index contributed by atoms with van der Waals surface area (Å²) in [5.74, 6) is 0. The quantitative estimate of drug-likeness (QED) is 0.658. The number of para-hydroxylation sites is 1. The van der Waals surface area contributed by atoms with Crippen LogP contribution in [0.2, 0.25) is 0 Å². The Hall–Kier alpha value is -0.500. The van der Waals surface area contributed by atoms with Crippen LogP contribution in [0.15, 0.2) is 36.4 Å². The molecular formula is C9H8InN. The molecule has 0 saturated carbocycles.